The van der Waals surface area contributed by atoms with Crippen LogP contribution in [0.4, 0.5) is 5.69 Å². The average molecular weight is 342 g/mol. The highest BCUT2D eigenvalue weighted by Gasteiger charge is 2.21. The largest absolute Gasteiger partial charge is 0.350 e. The molecule has 2 heterocycles. The molecular formula is C17H18N4O4. The van der Waals surface area contributed by atoms with Gasteiger partial charge in [0.25, 0.3) is 5.56 Å². The molecular weight excluding hydrogens is 324 g/mol. The van der Waals surface area contributed by atoms with E-state index in [0.717, 1.165) is 28.8 Å². The Morgan fingerprint density at radius 1 is 1.12 bits per heavy atom. The zero-order chi connectivity index (χ0) is 17.8. The monoisotopic (exact) mass is 342 g/mol. The molecule has 1 aromatic heterocycles. The van der Waals surface area contributed by atoms with Gasteiger partial charge in [-0.1, -0.05) is 12.1 Å². The van der Waals surface area contributed by atoms with E-state index in [2.05, 4.69) is 10.3 Å². The van der Waals surface area contributed by atoms with E-state index >= 15 is 0 Å². The number of benzene rings is 1. The minimum absolute atomic E-state index is 0.132. The molecule has 8 nitrogen and oxygen atoms in total. The molecule has 1 aliphatic rings. The highest BCUT2D eigenvalue weighted by atomic mass is 16.2. The lowest BCUT2D eigenvalue weighted by Crippen LogP contribution is -2.35. The van der Waals surface area contributed by atoms with E-state index in [9.17, 15) is 19.2 Å². The van der Waals surface area contributed by atoms with E-state index < -0.39 is 11.2 Å². The van der Waals surface area contributed by atoms with Gasteiger partial charge in [0, 0.05) is 37.5 Å². The van der Waals surface area contributed by atoms with Gasteiger partial charge in [-0.15, -0.1) is 0 Å². The Balaban J connectivity index is 1.56. The first-order valence-corrected chi connectivity index (χ1v) is 7.99. The van der Waals surface area contributed by atoms with Gasteiger partial charge in [0.05, 0.1) is 0 Å². The van der Waals surface area contributed by atoms with Gasteiger partial charge < -0.3 is 10.2 Å². The number of rotatable bonds is 5. The van der Waals surface area contributed by atoms with E-state index in [0.29, 0.717) is 13.0 Å². The van der Waals surface area contributed by atoms with Crippen LogP contribution in [0.2, 0.25) is 0 Å². The second kappa shape index (κ2) is 7.16. The van der Waals surface area contributed by atoms with Crippen LogP contribution in [0.5, 0.6) is 0 Å². The Morgan fingerprint density at radius 3 is 2.52 bits per heavy atom. The molecule has 25 heavy (non-hydrogen) atoms. The van der Waals surface area contributed by atoms with E-state index in [-0.39, 0.29) is 18.4 Å². The molecule has 3 rings (SSSR count). The SMILES string of the molecule is O=C(Cn1ccc(=O)[nH]c1=O)NCc1ccc(N2CCCC2=O)cc1. The summed E-state index contributed by atoms with van der Waals surface area (Å²) in [5.74, 6) is -0.208. The van der Waals surface area contributed by atoms with Gasteiger partial charge in [-0.25, -0.2) is 4.79 Å². The Kier molecular flexibility index (Phi) is 4.78. The predicted octanol–water partition coefficient (Wildman–Crippen LogP) is -0.0202. The number of hydrogen-bond acceptors (Lipinski definition) is 4. The number of anilines is 1. The lowest BCUT2D eigenvalue weighted by atomic mass is 10.2. The lowest BCUT2D eigenvalue weighted by Gasteiger charge is -2.16. The first-order valence-electron chi connectivity index (χ1n) is 7.99. The number of nitrogens with one attached hydrogen (secondary N) is 2. The summed E-state index contributed by atoms with van der Waals surface area (Å²) in [6, 6.07) is 8.61. The number of nitrogens with zero attached hydrogens (tertiary/aromatic N) is 2. The van der Waals surface area contributed by atoms with E-state index in [1.807, 2.05) is 24.3 Å². The van der Waals surface area contributed by atoms with Crippen LogP contribution in [-0.4, -0.2) is 27.9 Å². The molecule has 0 atom stereocenters. The van der Waals surface area contributed by atoms with Crippen molar-refractivity contribution in [1.82, 2.24) is 14.9 Å². The second-order valence-corrected chi connectivity index (χ2v) is 5.83. The molecule has 1 aliphatic heterocycles. The van der Waals surface area contributed by atoms with Crippen molar-refractivity contribution in [3.63, 3.8) is 0 Å². The maximum absolute atomic E-state index is 11.9. The van der Waals surface area contributed by atoms with E-state index in [1.54, 1.807) is 4.90 Å². The Bertz CT molecular complexity index is 898. The quantitative estimate of drug-likeness (QED) is 0.797. The molecule has 1 aromatic carbocycles. The number of aromatic amines is 1. The van der Waals surface area contributed by atoms with Crippen LogP contribution in [0.1, 0.15) is 18.4 Å². The molecule has 0 aliphatic carbocycles. The van der Waals surface area contributed by atoms with Crippen LogP contribution >= 0.6 is 0 Å². The summed E-state index contributed by atoms with van der Waals surface area (Å²) in [5.41, 5.74) is 0.621. The van der Waals surface area contributed by atoms with Crippen molar-refractivity contribution >= 4 is 17.5 Å². The predicted molar refractivity (Wildman–Crippen MR) is 91.2 cm³/mol. The lowest BCUT2D eigenvalue weighted by molar-refractivity contribution is -0.122. The number of amides is 2. The first-order chi connectivity index (χ1) is 12.0. The molecule has 1 saturated heterocycles. The molecule has 1 fully saturated rings. The molecule has 2 aromatic rings. The molecule has 2 amide bonds. The van der Waals surface area contributed by atoms with Crippen LogP contribution in [0.15, 0.2) is 46.1 Å². The van der Waals surface area contributed by atoms with E-state index in [4.69, 9.17) is 0 Å². The summed E-state index contributed by atoms with van der Waals surface area (Å²) in [4.78, 5) is 50.0. The summed E-state index contributed by atoms with van der Waals surface area (Å²) < 4.78 is 1.12. The van der Waals surface area contributed by atoms with Crippen molar-refractivity contribution < 1.29 is 9.59 Å². The van der Waals surface area contributed by atoms with E-state index in [1.165, 1.54) is 12.3 Å². The Morgan fingerprint density at radius 2 is 1.88 bits per heavy atom. The zero-order valence-corrected chi connectivity index (χ0v) is 13.5. The fourth-order valence-corrected chi connectivity index (χ4v) is 2.69. The third-order valence-corrected chi connectivity index (χ3v) is 4.02. The maximum atomic E-state index is 11.9. The van der Waals surface area contributed by atoms with Crippen LogP contribution in [0, 0.1) is 0 Å². The number of H-pyrrole nitrogens is 1. The fourth-order valence-electron chi connectivity index (χ4n) is 2.69. The summed E-state index contributed by atoms with van der Waals surface area (Å²) in [6.07, 6.45) is 2.74. The van der Waals surface area contributed by atoms with Crippen molar-refractivity contribution in [2.24, 2.45) is 0 Å². The van der Waals surface area contributed by atoms with Gasteiger partial charge in [0.1, 0.15) is 6.54 Å². The van der Waals surface area contributed by atoms with Gasteiger partial charge >= 0.3 is 5.69 Å². The van der Waals surface area contributed by atoms with Gasteiger partial charge in [-0.05, 0) is 24.1 Å². The number of carbonyl (C=O) groups is 2. The van der Waals surface area contributed by atoms with Crippen LogP contribution < -0.4 is 21.5 Å². The number of hydrogen-bond donors (Lipinski definition) is 2. The van der Waals surface area contributed by atoms with Crippen molar-refractivity contribution in [2.45, 2.75) is 25.9 Å². The average Bonchev–Trinajstić information content (AvgIpc) is 3.02. The van der Waals surface area contributed by atoms with Crippen LogP contribution in [-0.2, 0) is 22.7 Å². The van der Waals surface area contributed by atoms with Crippen molar-refractivity contribution in [3.8, 4) is 0 Å². The second-order valence-electron chi connectivity index (χ2n) is 5.83. The number of carbonyl (C=O) groups excluding carboxylic acids is 2. The highest BCUT2D eigenvalue weighted by molar-refractivity contribution is 5.95. The van der Waals surface area contributed by atoms with Gasteiger partial charge in [0.2, 0.25) is 11.8 Å². The molecule has 8 heteroatoms. The third kappa shape index (κ3) is 4.03. The molecule has 0 saturated carbocycles. The third-order valence-electron chi connectivity index (χ3n) is 4.02. The molecule has 0 radical (unpaired) electrons. The molecule has 0 bridgehead atoms. The molecule has 0 unspecified atom stereocenters. The van der Waals surface area contributed by atoms with Crippen molar-refractivity contribution in [2.75, 3.05) is 11.4 Å². The molecule has 0 spiro atoms. The van der Waals surface area contributed by atoms with Crippen LogP contribution in [0.25, 0.3) is 0 Å². The standard InChI is InChI=1S/C17H18N4O4/c22-14-7-9-20(17(25)19-14)11-15(23)18-10-12-3-5-13(6-4-12)21-8-1-2-16(21)24/h3-7,9H,1-2,8,10-11H2,(H,18,23)(H,19,22,25). The summed E-state index contributed by atoms with van der Waals surface area (Å²) in [7, 11) is 0. The summed E-state index contributed by atoms with van der Waals surface area (Å²) in [6.45, 7) is 0.879. The topological polar surface area (TPSA) is 104 Å². The minimum atomic E-state index is -0.623. The Labute approximate surface area is 143 Å². The highest BCUT2D eigenvalue weighted by Crippen LogP contribution is 2.21. The maximum Gasteiger partial charge on any atom is 0.328 e. The van der Waals surface area contributed by atoms with Gasteiger partial charge in [0.15, 0.2) is 0 Å². The van der Waals surface area contributed by atoms with Gasteiger partial charge in [-0.3, -0.25) is 23.9 Å². The number of aromatic nitrogens is 2. The molecule has 2 N–H and O–H groups in total. The van der Waals surface area contributed by atoms with Crippen LogP contribution in [0.3, 0.4) is 0 Å². The van der Waals surface area contributed by atoms with Crippen molar-refractivity contribution in [1.29, 1.82) is 0 Å². The van der Waals surface area contributed by atoms with Gasteiger partial charge in [-0.2, -0.15) is 0 Å². The first kappa shape index (κ1) is 16.7. The summed E-state index contributed by atoms with van der Waals surface area (Å²) >= 11 is 0. The summed E-state index contributed by atoms with van der Waals surface area (Å²) in [5, 5.41) is 2.72. The van der Waals surface area contributed by atoms with Crippen molar-refractivity contribution in [3.05, 3.63) is 62.9 Å². The molecule has 130 valence electrons. The Hall–Kier alpha value is -3.16. The smallest absolute Gasteiger partial charge is 0.328 e. The minimum Gasteiger partial charge on any atom is -0.350 e. The normalized spacial score (nSPS) is 13.9. The fraction of sp³-hybridized carbons (Fsp3) is 0.294. The zero-order valence-electron chi connectivity index (χ0n) is 13.5.